The molecule has 144 valence electrons. The average Bonchev–Trinajstić information content (AvgIpc) is 2.82. The maximum atomic E-state index is 12.5. The Bertz CT molecular complexity index is 717. The van der Waals surface area contributed by atoms with E-state index in [-0.39, 0.29) is 17.3 Å². The minimum atomic E-state index is -1.21. The Morgan fingerprint density at radius 2 is 2.00 bits per heavy atom. The molecule has 1 aromatic heterocycles. The number of hydrazine groups is 1. The maximum Gasteiger partial charge on any atom is 0.426 e. The van der Waals surface area contributed by atoms with Crippen molar-refractivity contribution in [1.82, 2.24) is 20.0 Å². The molecule has 0 bridgehead atoms. The molecule has 0 atom stereocenters. The summed E-state index contributed by atoms with van der Waals surface area (Å²) in [6, 6.07) is 0. The molecule has 26 heavy (non-hydrogen) atoms. The molecule has 1 aromatic rings. The molecule has 2 amide bonds. The summed E-state index contributed by atoms with van der Waals surface area (Å²) in [4.78, 5) is 39.2. The molecule has 0 aliphatic rings. The first kappa shape index (κ1) is 21.0. The number of carbonyl (C=O) groups is 3. The van der Waals surface area contributed by atoms with Crippen molar-refractivity contribution in [3.05, 3.63) is 23.8 Å². The Morgan fingerprint density at radius 1 is 1.38 bits per heavy atom. The number of carboxylic acid groups (broad SMARTS) is 1. The van der Waals surface area contributed by atoms with Crippen LogP contribution < -0.4 is 10.7 Å². The third-order valence-electron chi connectivity index (χ3n) is 2.96. The molecule has 10 nitrogen and oxygen atoms in total. The molecule has 1 rings (SSSR count). The van der Waals surface area contributed by atoms with Crippen molar-refractivity contribution < 1.29 is 24.2 Å². The molecule has 0 radical (unpaired) electrons. The highest BCUT2D eigenvalue weighted by Crippen LogP contribution is 2.11. The third-order valence-corrected chi connectivity index (χ3v) is 2.96. The first-order valence-corrected chi connectivity index (χ1v) is 7.96. The summed E-state index contributed by atoms with van der Waals surface area (Å²) in [6.45, 7) is 7.01. The number of aryl methyl sites for hydroxylation is 1. The molecule has 0 unspecified atom stereocenters. The fraction of sp³-hybridized carbons (Fsp3) is 0.500. The molecular formula is C16H25N5O5. The fourth-order valence-electron chi connectivity index (χ4n) is 1.98. The Balaban J connectivity index is 2.87. The van der Waals surface area contributed by atoms with Crippen LogP contribution >= 0.6 is 0 Å². The van der Waals surface area contributed by atoms with E-state index in [0.717, 1.165) is 0 Å². The number of aromatic nitrogens is 2. The highest BCUT2D eigenvalue weighted by atomic mass is 16.6. The van der Waals surface area contributed by atoms with E-state index in [1.54, 1.807) is 26.8 Å². The summed E-state index contributed by atoms with van der Waals surface area (Å²) in [5.41, 5.74) is 1.92. The van der Waals surface area contributed by atoms with E-state index < -0.39 is 23.6 Å². The van der Waals surface area contributed by atoms with Gasteiger partial charge in [0.2, 0.25) is 5.82 Å². The van der Waals surface area contributed by atoms with Crippen LogP contribution in [0.5, 0.6) is 0 Å². The van der Waals surface area contributed by atoms with Gasteiger partial charge in [0.05, 0.1) is 0 Å². The van der Waals surface area contributed by atoms with Crippen molar-refractivity contribution >= 4 is 23.8 Å². The van der Waals surface area contributed by atoms with Crippen molar-refractivity contribution in [3.63, 3.8) is 0 Å². The largest absolute Gasteiger partial charge is 0.475 e. The van der Waals surface area contributed by atoms with Crippen LogP contribution in [-0.2, 0) is 16.6 Å². The van der Waals surface area contributed by atoms with Crippen LogP contribution in [0, 0.1) is 0 Å². The minimum Gasteiger partial charge on any atom is -0.475 e. The van der Waals surface area contributed by atoms with E-state index >= 15 is 0 Å². The number of aromatic carboxylic acids is 1. The van der Waals surface area contributed by atoms with Crippen LogP contribution in [0.4, 0.5) is 10.6 Å². The van der Waals surface area contributed by atoms with E-state index in [9.17, 15) is 14.4 Å². The monoisotopic (exact) mass is 367 g/mol. The number of carbonyl (C=O) groups excluding carboxylic acids is 2. The van der Waals surface area contributed by atoms with Crippen LogP contribution in [0.3, 0.4) is 0 Å². The first-order valence-electron chi connectivity index (χ1n) is 7.96. The lowest BCUT2D eigenvalue weighted by Gasteiger charge is -2.25. The van der Waals surface area contributed by atoms with Crippen molar-refractivity contribution in [2.24, 2.45) is 7.05 Å². The van der Waals surface area contributed by atoms with Gasteiger partial charge in [0, 0.05) is 20.3 Å². The molecule has 0 aliphatic heterocycles. The summed E-state index contributed by atoms with van der Waals surface area (Å²) >= 11 is 0. The summed E-state index contributed by atoms with van der Waals surface area (Å²) in [6.07, 6.45) is 2.81. The molecule has 0 saturated heterocycles. The number of anilines is 1. The van der Waals surface area contributed by atoms with E-state index in [4.69, 9.17) is 9.84 Å². The number of nitrogens with zero attached hydrogens (tertiary/aromatic N) is 3. The van der Waals surface area contributed by atoms with E-state index in [1.807, 2.05) is 6.92 Å². The normalized spacial score (nSPS) is 11.7. The van der Waals surface area contributed by atoms with Gasteiger partial charge in [0.1, 0.15) is 11.3 Å². The third kappa shape index (κ3) is 6.11. The highest BCUT2D eigenvalue weighted by molar-refractivity contribution is 6.03. The van der Waals surface area contributed by atoms with E-state index in [2.05, 4.69) is 15.7 Å². The van der Waals surface area contributed by atoms with Crippen molar-refractivity contribution in [1.29, 1.82) is 0 Å². The number of likely N-dealkylation sites (N-methyl/N-ethyl adjacent to an activating group) is 1. The zero-order chi connectivity index (χ0) is 20.1. The fourth-order valence-corrected chi connectivity index (χ4v) is 1.98. The van der Waals surface area contributed by atoms with Crippen molar-refractivity contribution in [2.45, 2.75) is 39.7 Å². The second kappa shape index (κ2) is 8.37. The zero-order valence-corrected chi connectivity index (χ0v) is 15.8. The van der Waals surface area contributed by atoms with Crippen molar-refractivity contribution in [2.75, 3.05) is 12.4 Å². The van der Waals surface area contributed by atoms with Gasteiger partial charge in [-0.25, -0.2) is 20.0 Å². The van der Waals surface area contributed by atoms with Gasteiger partial charge in [-0.3, -0.25) is 9.80 Å². The van der Waals surface area contributed by atoms with Crippen LogP contribution in [0.15, 0.2) is 18.0 Å². The van der Waals surface area contributed by atoms with Gasteiger partial charge in [-0.05, 0) is 27.2 Å². The minimum absolute atomic E-state index is 0.0857. The summed E-state index contributed by atoms with van der Waals surface area (Å²) < 4.78 is 6.43. The number of hydrogen-bond acceptors (Lipinski definition) is 6. The topological polar surface area (TPSA) is 126 Å². The smallest absolute Gasteiger partial charge is 0.426 e. The number of hydrogen-bond donors (Lipinski definition) is 3. The molecule has 10 heteroatoms. The van der Waals surface area contributed by atoms with E-state index in [1.165, 1.54) is 29.9 Å². The van der Waals surface area contributed by atoms with Crippen LogP contribution in [-0.4, -0.2) is 50.3 Å². The number of ether oxygens (including phenoxy) is 1. The lowest BCUT2D eigenvalue weighted by molar-refractivity contribution is -0.114. The van der Waals surface area contributed by atoms with Crippen LogP contribution in [0.1, 0.15) is 44.7 Å². The second-order valence-corrected chi connectivity index (χ2v) is 6.49. The SMILES string of the molecule is CC/C=C(/C(=O)Nc1cn(C)c(C(=O)O)n1)N(C)NC(=O)OC(C)(C)C. The number of imidazole rings is 1. The molecule has 1 heterocycles. The van der Waals surface area contributed by atoms with Crippen LogP contribution in [0.2, 0.25) is 0 Å². The number of nitrogens with one attached hydrogen (secondary N) is 2. The predicted octanol–water partition coefficient (Wildman–Crippen LogP) is 1.72. The molecule has 0 spiro atoms. The molecule has 0 aliphatic carbocycles. The Hall–Kier alpha value is -3.04. The first-order chi connectivity index (χ1) is 11.9. The summed E-state index contributed by atoms with van der Waals surface area (Å²) in [5.74, 6) is -1.88. The lowest BCUT2D eigenvalue weighted by Crippen LogP contribution is -2.44. The number of allylic oxidation sites excluding steroid dienone is 1. The van der Waals surface area contributed by atoms with Gasteiger partial charge >= 0.3 is 12.1 Å². The highest BCUT2D eigenvalue weighted by Gasteiger charge is 2.21. The average molecular weight is 367 g/mol. The molecule has 3 N–H and O–H groups in total. The van der Waals surface area contributed by atoms with E-state index in [0.29, 0.717) is 6.42 Å². The zero-order valence-electron chi connectivity index (χ0n) is 15.8. The van der Waals surface area contributed by atoms with Gasteiger partial charge in [-0.2, -0.15) is 0 Å². The van der Waals surface area contributed by atoms with Gasteiger partial charge in [-0.15, -0.1) is 0 Å². The Kier molecular flexibility index (Phi) is 6.76. The number of amides is 2. The molecule has 0 saturated carbocycles. The Labute approximate surface area is 151 Å². The maximum absolute atomic E-state index is 12.5. The van der Waals surface area contributed by atoms with Crippen LogP contribution in [0.25, 0.3) is 0 Å². The Morgan fingerprint density at radius 3 is 2.46 bits per heavy atom. The molecule has 0 aromatic carbocycles. The van der Waals surface area contributed by atoms with Gasteiger partial charge in [0.25, 0.3) is 5.91 Å². The van der Waals surface area contributed by atoms with Gasteiger partial charge in [-0.1, -0.05) is 13.0 Å². The summed E-state index contributed by atoms with van der Waals surface area (Å²) in [5, 5.41) is 12.7. The second-order valence-electron chi connectivity index (χ2n) is 6.49. The van der Waals surface area contributed by atoms with Crippen molar-refractivity contribution in [3.8, 4) is 0 Å². The number of carboxylic acids is 1. The van der Waals surface area contributed by atoms with Gasteiger partial charge in [0.15, 0.2) is 5.82 Å². The predicted molar refractivity (Wildman–Crippen MR) is 94.3 cm³/mol. The van der Waals surface area contributed by atoms with Gasteiger partial charge < -0.3 is 19.7 Å². The molecule has 0 fully saturated rings. The number of rotatable bonds is 6. The molecular weight excluding hydrogens is 342 g/mol. The standard InChI is InChI=1S/C16H25N5O5/c1-7-8-10(21(6)19-15(25)26-16(2,3)4)13(22)18-11-9-20(5)12(17-11)14(23)24/h8-9H,7H2,1-6H3,(H,18,22)(H,19,25)(H,23,24)/b10-8-. The summed E-state index contributed by atoms with van der Waals surface area (Å²) in [7, 11) is 3.00. The lowest BCUT2D eigenvalue weighted by atomic mass is 10.2. The quantitative estimate of drug-likeness (QED) is 0.516.